The van der Waals surface area contributed by atoms with Crippen LogP contribution in [-0.2, 0) is 6.54 Å². The molecule has 0 aliphatic rings. The van der Waals surface area contributed by atoms with Gasteiger partial charge < -0.3 is 10.3 Å². The highest BCUT2D eigenvalue weighted by molar-refractivity contribution is 6.32. The molecule has 0 saturated carbocycles. The van der Waals surface area contributed by atoms with Gasteiger partial charge >= 0.3 is 0 Å². The summed E-state index contributed by atoms with van der Waals surface area (Å²) in [6.07, 6.45) is 0. The van der Waals surface area contributed by atoms with Gasteiger partial charge in [-0.2, -0.15) is 0 Å². The van der Waals surface area contributed by atoms with Crippen molar-refractivity contribution in [2.75, 3.05) is 7.05 Å². The molecule has 3 nitrogen and oxygen atoms in total. The van der Waals surface area contributed by atoms with E-state index < -0.39 is 0 Å². The number of aromatic nitrogens is 2. The molecule has 0 radical (unpaired) electrons. The molecule has 1 aromatic heterocycles. The summed E-state index contributed by atoms with van der Waals surface area (Å²) in [7, 11) is 1.89. The molecule has 96 valence electrons. The van der Waals surface area contributed by atoms with Crippen LogP contribution in [0.4, 0.5) is 0 Å². The molecule has 0 aliphatic heterocycles. The molecule has 1 aromatic carbocycles. The van der Waals surface area contributed by atoms with Crippen molar-refractivity contribution in [3.63, 3.8) is 0 Å². The van der Waals surface area contributed by atoms with Crippen molar-refractivity contribution in [2.24, 2.45) is 0 Å². The molecule has 2 N–H and O–H groups in total. The van der Waals surface area contributed by atoms with Gasteiger partial charge in [0.25, 0.3) is 0 Å². The second kappa shape index (κ2) is 5.12. The Labute approximate surface area is 113 Å². The van der Waals surface area contributed by atoms with Crippen molar-refractivity contribution >= 4 is 11.6 Å². The van der Waals surface area contributed by atoms with Gasteiger partial charge in [0, 0.05) is 5.56 Å². The molecule has 4 heteroatoms. The SMILES string of the molecule is CNCc1nc(-c2ccc(C)c(C)c2C)c(Cl)[nH]1. The third kappa shape index (κ3) is 2.28. The minimum Gasteiger partial charge on any atom is -0.331 e. The number of hydrogen-bond donors (Lipinski definition) is 2. The molecule has 0 aliphatic carbocycles. The van der Waals surface area contributed by atoms with E-state index >= 15 is 0 Å². The third-order valence-electron chi connectivity index (χ3n) is 3.37. The minimum atomic E-state index is 0.603. The normalized spacial score (nSPS) is 10.9. The summed E-state index contributed by atoms with van der Waals surface area (Å²) >= 11 is 6.23. The highest BCUT2D eigenvalue weighted by Crippen LogP contribution is 2.30. The molecule has 0 atom stereocenters. The van der Waals surface area contributed by atoms with Gasteiger partial charge in [0.05, 0.1) is 6.54 Å². The summed E-state index contributed by atoms with van der Waals surface area (Å²) in [4.78, 5) is 7.65. The third-order valence-corrected chi connectivity index (χ3v) is 3.64. The summed E-state index contributed by atoms with van der Waals surface area (Å²) in [5.74, 6) is 0.857. The number of rotatable bonds is 3. The Morgan fingerprint density at radius 2 is 1.94 bits per heavy atom. The summed E-state index contributed by atoms with van der Waals surface area (Å²) in [5.41, 5.74) is 5.75. The number of imidazole rings is 1. The van der Waals surface area contributed by atoms with Crippen LogP contribution in [0.3, 0.4) is 0 Å². The number of nitrogens with zero attached hydrogens (tertiary/aromatic N) is 1. The van der Waals surface area contributed by atoms with Gasteiger partial charge in [0.1, 0.15) is 16.7 Å². The number of aryl methyl sites for hydroxylation is 1. The van der Waals surface area contributed by atoms with E-state index in [2.05, 4.69) is 48.2 Å². The van der Waals surface area contributed by atoms with E-state index in [1.165, 1.54) is 16.7 Å². The van der Waals surface area contributed by atoms with Gasteiger partial charge in [-0.3, -0.25) is 0 Å². The van der Waals surface area contributed by atoms with Crippen LogP contribution in [0.15, 0.2) is 12.1 Å². The Morgan fingerprint density at radius 3 is 2.61 bits per heavy atom. The van der Waals surface area contributed by atoms with Gasteiger partial charge in [-0.25, -0.2) is 4.98 Å². The van der Waals surface area contributed by atoms with Gasteiger partial charge in [-0.15, -0.1) is 0 Å². The second-order valence-corrected chi connectivity index (χ2v) is 4.93. The first-order valence-corrected chi connectivity index (χ1v) is 6.38. The second-order valence-electron chi connectivity index (χ2n) is 4.56. The molecule has 2 aromatic rings. The van der Waals surface area contributed by atoms with Crippen molar-refractivity contribution in [2.45, 2.75) is 27.3 Å². The van der Waals surface area contributed by atoms with Gasteiger partial charge in [-0.05, 0) is 44.5 Å². The predicted molar refractivity (Wildman–Crippen MR) is 76.0 cm³/mol. The Bertz CT molecular complexity index is 573. The van der Waals surface area contributed by atoms with E-state index in [9.17, 15) is 0 Å². The smallest absolute Gasteiger partial charge is 0.134 e. The summed E-state index contributed by atoms with van der Waals surface area (Å²) in [5, 5.41) is 3.66. The van der Waals surface area contributed by atoms with Crippen LogP contribution >= 0.6 is 11.6 Å². The molecule has 0 amide bonds. The van der Waals surface area contributed by atoms with E-state index in [4.69, 9.17) is 11.6 Å². The van der Waals surface area contributed by atoms with E-state index in [1.54, 1.807) is 0 Å². The number of benzene rings is 1. The minimum absolute atomic E-state index is 0.603. The standard InChI is InChI=1S/C14H18ClN3/c1-8-5-6-11(10(3)9(8)2)13-14(15)18-12(17-13)7-16-4/h5-6,16H,7H2,1-4H3,(H,17,18). The Morgan fingerprint density at radius 1 is 1.22 bits per heavy atom. The quantitative estimate of drug-likeness (QED) is 0.891. The van der Waals surface area contributed by atoms with Crippen LogP contribution in [0.1, 0.15) is 22.5 Å². The lowest BCUT2D eigenvalue weighted by Crippen LogP contribution is -2.06. The number of halogens is 1. The molecule has 1 heterocycles. The van der Waals surface area contributed by atoms with Gasteiger partial charge in [-0.1, -0.05) is 23.7 Å². The average molecular weight is 264 g/mol. The Hall–Kier alpha value is -1.32. The van der Waals surface area contributed by atoms with E-state index in [1.807, 2.05) is 7.05 Å². The molecule has 0 saturated heterocycles. The molecule has 0 spiro atoms. The molecular weight excluding hydrogens is 246 g/mol. The molecule has 0 unspecified atom stereocenters. The van der Waals surface area contributed by atoms with Crippen LogP contribution in [-0.4, -0.2) is 17.0 Å². The largest absolute Gasteiger partial charge is 0.331 e. The lowest BCUT2D eigenvalue weighted by Gasteiger charge is -2.09. The molecular formula is C14H18ClN3. The Balaban J connectivity index is 2.52. The summed E-state index contributed by atoms with van der Waals surface area (Å²) in [6.45, 7) is 7.04. The van der Waals surface area contributed by atoms with Crippen molar-refractivity contribution in [3.8, 4) is 11.3 Å². The zero-order valence-corrected chi connectivity index (χ0v) is 11.9. The number of aromatic amines is 1. The lowest BCUT2D eigenvalue weighted by atomic mass is 9.97. The number of hydrogen-bond acceptors (Lipinski definition) is 2. The van der Waals surface area contributed by atoms with Crippen molar-refractivity contribution in [3.05, 3.63) is 39.8 Å². The van der Waals surface area contributed by atoms with Crippen LogP contribution in [0.5, 0.6) is 0 Å². The highest BCUT2D eigenvalue weighted by atomic mass is 35.5. The van der Waals surface area contributed by atoms with Gasteiger partial charge in [0.15, 0.2) is 0 Å². The molecule has 18 heavy (non-hydrogen) atoms. The van der Waals surface area contributed by atoms with Crippen LogP contribution in [0, 0.1) is 20.8 Å². The monoisotopic (exact) mass is 263 g/mol. The fraction of sp³-hybridized carbons (Fsp3) is 0.357. The van der Waals surface area contributed by atoms with Crippen LogP contribution < -0.4 is 5.32 Å². The summed E-state index contributed by atoms with van der Waals surface area (Å²) < 4.78 is 0. The first-order chi connectivity index (χ1) is 8.54. The first kappa shape index (κ1) is 13.1. The number of H-pyrrole nitrogens is 1. The number of nitrogens with one attached hydrogen (secondary N) is 2. The van der Waals surface area contributed by atoms with E-state index in [-0.39, 0.29) is 0 Å². The maximum absolute atomic E-state index is 6.23. The zero-order valence-electron chi connectivity index (χ0n) is 11.2. The van der Waals surface area contributed by atoms with Crippen molar-refractivity contribution < 1.29 is 0 Å². The van der Waals surface area contributed by atoms with Crippen molar-refractivity contribution in [1.29, 1.82) is 0 Å². The van der Waals surface area contributed by atoms with Gasteiger partial charge in [0.2, 0.25) is 0 Å². The molecule has 0 fully saturated rings. The topological polar surface area (TPSA) is 40.7 Å². The fourth-order valence-electron chi connectivity index (χ4n) is 2.04. The molecule has 2 rings (SSSR count). The van der Waals surface area contributed by atoms with Crippen molar-refractivity contribution in [1.82, 2.24) is 15.3 Å². The fourth-order valence-corrected chi connectivity index (χ4v) is 2.29. The molecule has 0 bridgehead atoms. The highest BCUT2D eigenvalue weighted by Gasteiger charge is 2.13. The average Bonchev–Trinajstić information content (AvgIpc) is 2.68. The lowest BCUT2D eigenvalue weighted by molar-refractivity contribution is 0.772. The summed E-state index contributed by atoms with van der Waals surface area (Å²) in [6, 6.07) is 4.20. The van der Waals surface area contributed by atoms with Crippen LogP contribution in [0.2, 0.25) is 5.15 Å². The predicted octanol–water partition coefficient (Wildman–Crippen LogP) is 3.37. The van der Waals surface area contributed by atoms with E-state index in [0.29, 0.717) is 11.7 Å². The maximum atomic E-state index is 6.23. The van der Waals surface area contributed by atoms with E-state index in [0.717, 1.165) is 17.1 Å². The maximum Gasteiger partial charge on any atom is 0.134 e. The zero-order chi connectivity index (χ0) is 13.3. The first-order valence-electron chi connectivity index (χ1n) is 6.00. The van der Waals surface area contributed by atoms with Crippen LogP contribution in [0.25, 0.3) is 11.3 Å². The Kier molecular flexibility index (Phi) is 3.73.